The van der Waals surface area contributed by atoms with Crippen LogP contribution in [0.4, 0.5) is 10.6 Å². The standard InChI is InChI=1S/C36H59ClN6O6Si2/c1-13-42(35(44)49-36(3,4)5)27(2)14-15-29-21-32(41(24-46-16-18-50(7,8)9)25-47-17-19-51(10,11)12)43-34(40-29)30(23-39-43)28-20-31(48-26-45-6)33(37)38-22-28/h13,20-23,27H,1,14-19,24-26H2,2-12H3. The zero-order valence-corrected chi connectivity index (χ0v) is 35.3. The molecule has 12 nitrogen and oxygen atoms in total. The molecule has 0 aromatic carbocycles. The first-order valence-corrected chi connectivity index (χ1v) is 25.3. The molecule has 3 heterocycles. The minimum absolute atomic E-state index is 0.0275. The Bertz CT molecular complexity index is 1570. The van der Waals surface area contributed by atoms with Gasteiger partial charge in [-0.05, 0) is 58.7 Å². The van der Waals surface area contributed by atoms with E-state index in [0.29, 0.717) is 50.9 Å². The molecule has 0 aliphatic carbocycles. The van der Waals surface area contributed by atoms with Gasteiger partial charge in [0, 0.05) is 77.8 Å². The number of hydrogen-bond acceptors (Lipinski definition) is 10. The summed E-state index contributed by atoms with van der Waals surface area (Å²) in [5.41, 5.74) is 2.29. The normalized spacial score (nSPS) is 12.9. The first-order chi connectivity index (χ1) is 23.8. The highest BCUT2D eigenvalue weighted by Gasteiger charge is 2.25. The van der Waals surface area contributed by atoms with E-state index in [4.69, 9.17) is 45.4 Å². The molecule has 0 bridgehead atoms. The van der Waals surface area contributed by atoms with E-state index in [1.807, 2.05) is 38.3 Å². The van der Waals surface area contributed by atoms with Crippen LogP contribution < -0.4 is 9.64 Å². The molecule has 1 atom stereocenters. The summed E-state index contributed by atoms with van der Waals surface area (Å²) >= 11 is 6.34. The van der Waals surface area contributed by atoms with Crippen LogP contribution in [0, 0.1) is 0 Å². The second-order valence-corrected chi connectivity index (χ2v) is 27.8. The summed E-state index contributed by atoms with van der Waals surface area (Å²) in [4.78, 5) is 26.0. The SMILES string of the molecule is C=CN(C(=O)OC(C)(C)C)C(C)CCc1cc(N(COCC[Si](C)(C)C)COCC[Si](C)(C)C)n2ncc(-c3cnc(Cl)c(OCOC)c3)c2n1. The van der Waals surface area contributed by atoms with Gasteiger partial charge < -0.3 is 28.6 Å². The molecular formula is C36H59ClN6O6Si2. The molecule has 0 spiro atoms. The minimum atomic E-state index is -1.30. The Morgan fingerprint density at radius 2 is 1.67 bits per heavy atom. The molecule has 1 amide bonds. The number of aryl methyl sites for hydroxylation is 1. The van der Waals surface area contributed by atoms with Gasteiger partial charge in [-0.1, -0.05) is 57.5 Å². The van der Waals surface area contributed by atoms with Crippen LogP contribution in [0.25, 0.3) is 16.8 Å². The van der Waals surface area contributed by atoms with E-state index in [1.165, 1.54) is 11.1 Å². The zero-order valence-electron chi connectivity index (χ0n) is 32.5. The predicted molar refractivity (Wildman–Crippen MR) is 210 cm³/mol. The van der Waals surface area contributed by atoms with Gasteiger partial charge in [-0.3, -0.25) is 4.90 Å². The number of anilines is 1. The number of carbonyl (C=O) groups excluding carboxylic acids is 1. The smallest absolute Gasteiger partial charge is 0.414 e. The highest BCUT2D eigenvalue weighted by atomic mass is 35.5. The Morgan fingerprint density at radius 3 is 2.22 bits per heavy atom. The molecule has 0 radical (unpaired) electrons. The summed E-state index contributed by atoms with van der Waals surface area (Å²) in [5.74, 6) is 1.17. The zero-order chi connectivity index (χ0) is 38.0. The van der Waals surface area contributed by atoms with Crippen molar-refractivity contribution >= 4 is 45.3 Å². The molecule has 3 rings (SSSR count). The molecule has 3 aromatic rings. The van der Waals surface area contributed by atoms with Crippen molar-refractivity contribution in [3.8, 4) is 16.9 Å². The fourth-order valence-corrected chi connectivity index (χ4v) is 6.54. The predicted octanol–water partition coefficient (Wildman–Crippen LogP) is 8.56. The largest absolute Gasteiger partial charge is 0.464 e. The fraction of sp³-hybridized carbons (Fsp3) is 0.611. The minimum Gasteiger partial charge on any atom is -0.464 e. The Kier molecular flexibility index (Phi) is 15.5. The lowest BCUT2D eigenvalue weighted by Gasteiger charge is -2.29. The van der Waals surface area contributed by atoms with Crippen LogP contribution >= 0.6 is 11.6 Å². The number of carbonyl (C=O) groups is 1. The highest BCUT2D eigenvalue weighted by molar-refractivity contribution is 6.76. The highest BCUT2D eigenvalue weighted by Crippen LogP contribution is 2.32. The summed E-state index contributed by atoms with van der Waals surface area (Å²) in [5, 5.41) is 5.03. The molecule has 1 unspecified atom stereocenters. The molecule has 3 aromatic heterocycles. The molecule has 0 saturated heterocycles. The van der Waals surface area contributed by atoms with Gasteiger partial charge in [-0.25, -0.2) is 14.8 Å². The molecule has 0 aliphatic rings. The average molecular weight is 764 g/mol. The van der Waals surface area contributed by atoms with Crippen molar-refractivity contribution in [1.82, 2.24) is 24.5 Å². The van der Waals surface area contributed by atoms with Crippen molar-refractivity contribution < 1.29 is 28.5 Å². The Morgan fingerprint density at radius 1 is 1.04 bits per heavy atom. The number of nitrogens with zero attached hydrogens (tertiary/aromatic N) is 6. The van der Waals surface area contributed by atoms with E-state index >= 15 is 0 Å². The second kappa shape index (κ2) is 18.7. The van der Waals surface area contributed by atoms with Gasteiger partial charge in [0.1, 0.15) is 24.9 Å². The number of amides is 1. The van der Waals surface area contributed by atoms with Crippen molar-refractivity contribution in [2.24, 2.45) is 0 Å². The summed E-state index contributed by atoms with van der Waals surface area (Å²) in [6.45, 7) is 27.4. The lowest BCUT2D eigenvalue weighted by molar-refractivity contribution is 0.0275. The lowest BCUT2D eigenvalue weighted by atomic mass is 10.1. The first kappa shape index (κ1) is 42.4. The van der Waals surface area contributed by atoms with E-state index < -0.39 is 27.8 Å². The van der Waals surface area contributed by atoms with E-state index in [2.05, 4.69) is 55.7 Å². The van der Waals surface area contributed by atoms with E-state index in [1.54, 1.807) is 25.6 Å². The Balaban J connectivity index is 2.06. The van der Waals surface area contributed by atoms with Crippen molar-refractivity contribution in [3.05, 3.63) is 48.2 Å². The van der Waals surface area contributed by atoms with Crippen LogP contribution in [0.15, 0.2) is 37.3 Å². The second-order valence-electron chi connectivity index (χ2n) is 16.2. The Labute approximate surface area is 311 Å². The van der Waals surface area contributed by atoms with Gasteiger partial charge in [0.2, 0.25) is 0 Å². The maximum Gasteiger partial charge on any atom is 0.414 e. The van der Waals surface area contributed by atoms with Gasteiger partial charge in [0.05, 0.1) is 6.20 Å². The third-order valence-electron chi connectivity index (χ3n) is 7.86. The molecule has 51 heavy (non-hydrogen) atoms. The molecule has 0 fully saturated rings. The fourth-order valence-electron chi connectivity index (χ4n) is 4.87. The van der Waals surface area contributed by atoms with Crippen molar-refractivity contribution in [1.29, 1.82) is 0 Å². The molecule has 0 saturated carbocycles. The quantitative estimate of drug-likeness (QED) is 0.0480. The van der Waals surface area contributed by atoms with Crippen molar-refractivity contribution in [2.75, 3.05) is 45.5 Å². The number of ether oxygens (including phenoxy) is 5. The maximum atomic E-state index is 13.0. The van der Waals surface area contributed by atoms with E-state index in [9.17, 15) is 4.79 Å². The van der Waals surface area contributed by atoms with Gasteiger partial charge in [0.25, 0.3) is 0 Å². The molecule has 0 N–H and O–H groups in total. The van der Waals surface area contributed by atoms with Gasteiger partial charge >= 0.3 is 6.09 Å². The van der Waals surface area contributed by atoms with Crippen LogP contribution in [-0.2, 0) is 25.4 Å². The first-order valence-electron chi connectivity index (χ1n) is 17.5. The van der Waals surface area contributed by atoms with Crippen LogP contribution in [0.2, 0.25) is 56.5 Å². The lowest BCUT2D eigenvalue weighted by Crippen LogP contribution is -2.38. The van der Waals surface area contributed by atoms with Crippen molar-refractivity contribution in [2.45, 2.75) is 104 Å². The summed E-state index contributed by atoms with van der Waals surface area (Å²) in [7, 11) is -1.05. The molecular weight excluding hydrogens is 704 g/mol. The van der Waals surface area contributed by atoms with Gasteiger partial charge in [-0.15, -0.1) is 0 Å². The van der Waals surface area contributed by atoms with Crippen molar-refractivity contribution in [3.63, 3.8) is 0 Å². The maximum absolute atomic E-state index is 13.0. The molecule has 15 heteroatoms. The van der Waals surface area contributed by atoms with Gasteiger partial charge in [-0.2, -0.15) is 9.61 Å². The summed E-state index contributed by atoms with van der Waals surface area (Å²) in [6.07, 6.45) is 5.68. The van der Waals surface area contributed by atoms with E-state index in [0.717, 1.165) is 34.7 Å². The number of pyridine rings is 1. The van der Waals surface area contributed by atoms with Crippen LogP contribution in [0.5, 0.6) is 5.75 Å². The van der Waals surface area contributed by atoms with E-state index in [-0.39, 0.29) is 18.0 Å². The number of rotatable bonds is 20. The Hall–Kier alpha value is -3.02. The monoisotopic (exact) mass is 762 g/mol. The third kappa shape index (κ3) is 13.8. The number of fused-ring (bicyclic) bond motifs is 1. The van der Waals surface area contributed by atoms with Crippen LogP contribution in [0.1, 0.15) is 39.8 Å². The summed E-state index contributed by atoms with van der Waals surface area (Å²) in [6, 6.07) is 5.73. The average Bonchev–Trinajstić information content (AvgIpc) is 3.45. The topological polar surface area (TPSA) is 113 Å². The van der Waals surface area contributed by atoms with Gasteiger partial charge in [0.15, 0.2) is 23.3 Å². The number of halogens is 1. The third-order valence-corrected chi connectivity index (χ3v) is 11.6. The molecule has 0 aliphatic heterocycles. The molecule has 284 valence electrons. The number of methoxy groups -OCH3 is 1. The summed E-state index contributed by atoms with van der Waals surface area (Å²) < 4.78 is 30.8. The van der Waals surface area contributed by atoms with Crippen LogP contribution in [-0.4, -0.2) is 98.9 Å². The number of hydrogen-bond donors (Lipinski definition) is 0. The van der Waals surface area contributed by atoms with Crippen LogP contribution in [0.3, 0.4) is 0 Å². The number of aromatic nitrogens is 4.